The summed E-state index contributed by atoms with van der Waals surface area (Å²) in [6, 6.07) is 10.3. The molecular weight excluding hydrogens is 398 g/mol. The molecule has 1 N–H and O–H groups in total. The number of aryl methyl sites for hydroxylation is 1. The fourth-order valence-electron chi connectivity index (χ4n) is 3.66. The summed E-state index contributed by atoms with van der Waals surface area (Å²) in [7, 11) is -0.297. The molecule has 1 aliphatic rings. The lowest BCUT2D eigenvalue weighted by molar-refractivity contribution is 0.412. The summed E-state index contributed by atoms with van der Waals surface area (Å²) in [5.74, 6) is 0.668. The molecule has 1 aliphatic heterocycles. The number of benzene rings is 2. The van der Waals surface area contributed by atoms with Gasteiger partial charge in [0.1, 0.15) is 5.75 Å². The van der Waals surface area contributed by atoms with Crippen LogP contribution in [0.4, 0.5) is 5.69 Å². The van der Waals surface area contributed by atoms with Crippen LogP contribution < -0.4 is 15.0 Å². The first kappa shape index (κ1) is 19.1. The fraction of sp³-hybridized carbons (Fsp3) is 0.300. The van der Waals surface area contributed by atoms with Crippen LogP contribution in [0.1, 0.15) is 0 Å². The third-order valence-corrected chi connectivity index (χ3v) is 7.14. The molecule has 28 heavy (non-hydrogen) atoms. The van der Waals surface area contributed by atoms with E-state index in [1.807, 2.05) is 13.1 Å². The number of nitrogens with one attached hydrogen (secondary N) is 1. The van der Waals surface area contributed by atoms with Gasteiger partial charge in [-0.05, 0) is 36.4 Å². The second kappa shape index (κ2) is 7.31. The first-order chi connectivity index (χ1) is 13.4. The van der Waals surface area contributed by atoms with Gasteiger partial charge in [-0.25, -0.2) is 8.42 Å². The Morgan fingerprint density at radius 1 is 1.11 bits per heavy atom. The molecule has 1 fully saturated rings. The van der Waals surface area contributed by atoms with Gasteiger partial charge in [-0.3, -0.25) is 0 Å². The number of anilines is 1. The maximum Gasteiger partial charge on any atom is 0.208 e. The van der Waals surface area contributed by atoms with Crippen molar-refractivity contribution in [2.45, 2.75) is 9.79 Å². The van der Waals surface area contributed by atoms with Gasteiger partial charge in [-0.15, -0.1) is 0 Å². The Balaban J connectivity index is 1.85. The molecule has 0 unspecified atom stereocenters. The molecule has 0 aliphatic carbocycles. The number of sulfone groups is 1. The second-order valence-corrected chi connectivity index (χ2v) is 9.19. The highest BCUT2D eigenvalue weighted by Gasteiger charge is 2.25. The zero-order valence-electron chi connectivity index (χ0n) is 15.8. The zero-order valence-corrected chi connectivity index (χ0v) is 17.3. The van der Waals surface area contributed by atoms with Crippen molar-refractivity contribution < 1.29 is 13.2 Å². The van der Waals surface area contributed by atoms with Crippen LogP contribution in [-0.4, -0.2) is 46.3 Å². The molecule has 1 saturated heterocycles. The van der Waals surface area contributed by atoms with Crippen molar-refractivity contribution in [1.29, 1.82) is 0 Å². The summed E-state index contributed by atoms with van der Waals surface area (Å²) >= 11 is 6.13. The van der Waals surface area contributed by atoms with Gasteiger partial charge in [0, 0.05) is 55.3 Å². The summed E-state index contributed by atoms with van der Waals surface area (Å²) in [6.45, 7) is 3.29. The Hall–Kier alpha value is -2.22. The Kier molecular flexibility index (Phi) is 4.99. The zero-order chi connectivity index (χ0) is 19.9. The monoisotopic (exact) mass is 419 g/mol. The molecule has 0 bridgehead atoms. The molecule has 0 atom stereocenters. The number of hydrogen-bond donors (Lipinski definition) is 1. The number of methoxy groups -OCH3 is 1. The average molecular weight is 420 g/mol. The molecule has 2 heterocycles. The van der Waals surface area contributed by atoms with E-state index < -0.39 is 9.84 Å². The SMILES string of the molecule is COc1ccc(S(=O)(=O)c2cn(C)c3ccc(Cl)cc23)cc1N1CCNCC1. The highest BCUT2D eigenvalue weighted by atomic mass is 35.5. The van der Waals surface area contributed by atoms with E-state index >= 15 is 0 Å². The van der Waals surface area contributed by atoms with Crippen molar-refractivity contribution in [3.63, 3.8) is 0 Å². The number of fused-ring (bicyclic) bond motifs is 1. The predicted molar refractivity (Wildman–Crippen MR) is 111 cm³/mol. The molecule has 0 amide bonds. The van der Waals surface area contributed by atoms with E-state index in [1.165, 1.54) is 0 Å². The van der Waals surface area contributed by atoms with Gasteiger partial charge in [0.25, 0.3) is 0 Å². The van der Waals surface area contributed by atoms with Crippen molar-refractivity contribution in [2.24, 2.45) is 7.05 Å². The van der Waals surface area contributed by atoms with Gasteiger partial charge in [0.15, 0.2) is 0 Å². The van der Waals surface area contributed by atoms with Crippen LogP contribution in [-0.2, 0) is 16.9 Å². The molecular formula is C20H22ClN3O3S. The molecule has 148 valence electrons. The Labute approximate surface area is 169 Å². The van der Waals surface area contributed by atoms with E-state index in [1.54, 1.807) is 48.2 Å². The predicted octanol–water partition coefficient (Wildman–Crippen LogP) is 3.08. The highest BCUT2D eigenvalue weighted by Crippen LogP contribution is 2.36. The Morgan fingerprint density at radius 3 is 2.57 bits per heavy atom. The lowest BCUT2D eigenvalue weighted by Gasteiger charge is -2.30. The van der Waals surface area contributed by atoms with Gasteiger partial charge in [0.2, 0.25) is 9.84 Å². The maximum atomic E-state index is 13.5. The summed E-state index contributed by atoms with van der Waals surface area (Å²) < 4.78 is 34.2. The molecule has 1 aromatic heterocycles. The molecule has 3 aromatic rings. The van der Waals surface area contributed by atoms with Crippen LogP contribution in [0, 0.1) is 0 Å². The molecule has 0 saturated carbocycles. The van der Waals surface area contributed by atoms with Crippen molar-refractivity contribution >= 4 is 38.0 Å². The summed E-state index contributed by atoms with van der Waals surface area (Å²) in [5, 5.41) is 4.43. The standard InChI is InChI=1S/C20H22ClN3O3S/c1-23-13-20(16-11-14(21)3-5-17(16)23)28(25,26)15-4-6-19(27-2)18(12-15)24-9-7-22-8-10-24/h3-6,11-13,22H,7-10H2,1-2H3. The summed E-state index contributed by atoms with van der Waals surface area (Å²) in [5.41, 5.74) is 1.61. The number of aromatic nitrogens is 1. The van der Waals surface area contributed by atoms with Crippen LogP contribution in [0.5, 0.6) is 5.75 Å². The lowest BCUT2D eigenvalue weighted by Crippen LogP contribution is -2.43. The lowest BCUT2D eigenvalue weighted by atomic mass is 10.2. The van der Waals surface area contributed by atoms with E-state index in [4.69, 9.17) is 16.3 Å². The van der Waals surface area contributed by atoms with Gasteiger partial charge in [0.05, 0.1) is 22.6 Å². The maximum absolute atomic E-state index is 13.5. The van der Waals surface area contributed by atoms with E-state index in [9.17, 15) is 8.42 Å². The normalized spacial score (nSPS) is 15.2. The summed E-state index contributed by atoms with van der Waals surface area (Å²) in [4.78, 5) is 2.65. The van der Waals surface area contributed by atoms with E-state index in [0.717, 1.165) is 37.4 Å². The Bertz CT molecular complexity index is 1140. The van der Waals surface area contributed by atoms with E-state index in [2.05, 4.69) is 10.2 Å². The van der Waals surface area contributed by atoms with Crippen molar-refractivity contribution in [2.75, 3.05) is 38.2 Å². The fourth-order valence-corrected chi connectivity index (χ4v) is 5.35. The van der Waals surface area contributed by atoms with Crippen LogP contribution in [0.2, 0.25) is 5.02 Å². The molecule has 0 radical (unpaired) electrons. The Morgan fingerprint density at radius 2 is 1.86 bits per heavy atom. The number of ether oxygens (including phenoxy) is 1. The van der Waals surface area contributed by atoms with Gasteiger partial charge in [-0.1, -0.05) is 11.6 Å². The molecule has 0 spiro atoms. The molecule has 8 heteroatoms. The minimum absolute atomic E-state index is 0.245. The number of halogens is 1. The second-order valence-electron chi connectivity index (χ2n) is 6.84. The van der Waals surface area contributed by atoms with E-state index in [-0.39, 0.29) is 9.79 Å². The van der Waals surface area contributed by atoms with Crippen molar-refractivity contribution in [3.05, 3.63) is 47.6 Å². The van der Waals surface area contributed by atoms with Crippen molar-refractivity contribution in [1.82, 2.24) is 9.88 Å². The molecule has 6 nitrogen and oxygen atoms in total. The van der Waals surface area contributed by atoms with Gasteiger partial charge < -0.3 is 19.5 Å². The topological polar surface area (TPSA) is 63.6 Å². The highest BCUT2D eigenvalue weighted by molar-refractivity contribution is 7.91. The number of piperazine rings is 1. The molecule has 4 rings (SSSR count). The minimum atomic E-state index is -3.72. The number of hydrogen-bond acceptors (Lipinski definition) is 5. The first-order valence-electron chi connectivity index (χ1n) is 9.05. The van der Waals surface area contributed by atoms with Crippen LogP contribution in [0.15, 0.2) is 52.4 Å². The number of nitrogens with zero attached hydrogens (tertiary/aromatic N) is 2. The van der Waals surface area contributed by atoms with Gasteiger partial charge >= 0.3 is 0 Å². The molecule has 2 aromatic carbocycles. The van der Waals surface area contributed by atoms with Crippen molar-refractivity contribution in [3.8, 4) is 5.75 Å². The van der Waals surface area contributed by atoms with Crippen LogP contribution in [0.25, 0.3) is 10.9 Å². The third kappa shape index (κ3) is 3.23. The van der Waals surface area contributed by atoms with E-state index in [0.29, 0.717) is 16.2 Å². The van der Waals surface area contributed by atoms with Crippen LogP contribution >= 0.6 is 11.6 Å². The smallest absolute Gasteiger partial charge is 0.208 e. The third-order valence-electron chi connectivity index (χ3n) is 5.12. The quantitative estimate of drug-likeness (QED) is 0.704. The minimum Gasteiger partial charge on any atom is -0.495 e. The number of rotatable bonds is 4. The van der Waals surface area contributed by atoms with Gasteiger partial charge in [-0.2, -0.15) is 0 Å². The summed E-state index contributed by atoms with van der Waals surface area (Å²) in [6.07, 6.45) is 1.64. The first-order valence-corrected chi connectivity index (χ1v) is 10.9. The largest absolute Gasteiger partial charge is 0.495 e. The average Bonchev–Trinajstić information content (AvgIpc) is 3.04. The van der Waals surface area contributed by atoms with Crippen LogP contribution in [0.3, 0.4) is 0 Å².